The van der Waals surface area contributed by atoms with Crippen molar-refractivity contribution in [3.8, 4) is 0 Å². The van der Waals surface area contributed by atoms with E-state index in [9.17, 15) is 9.90 Å². The van der Waals surface area contributed by atoms with Crippen LogP contribution in [0.2, 0.25) is 0 Å². The standard InChI is InChI=1S/C12H21NO2/c1-8(2)9-6-12(15)13(7-9)10-4-3-5-11(10)14/h8-11,14H,3-7H2,1-2H3/t9?,10-,11-/m0/s1. The van der Waals surface area contributed by atoms with E-state index in [1.807, 2.05) is 4.90 Å². The highest BCUT2D eigenvalue weighted by Crippen LogP contribution is 2.32. The number of carbonyl (C=O) groups excluding carboxylic acids is 1. The molecule has 2 rings (SSSR count). The van der Waals surface area contributed by atoms with Gasteiger partial charge in [-0.2, -0.15) is 0 Å². The van der Waals surface area contributed by atoms with E-state index in [2.05, 4.69) is 13.8 Å². The molecule has 1 N–H and O–H groups in total. The number of aliphatic hydroxyl groups is 1. The second-order valence-electron chi connectivity index (χ2n) is 5.32. The molecule has 0 spiro atoms. The number of hydrogen-bond acceptors (Lipinski definition) is 2. The van der Waals surface area contributed by atoms with Gasteiger partial charge in [-0.1, -0.05) is 13.8 Å². The topological polar surface area (TPSA) is 40.5 Å². The molecule has 3 heteroatoms. The zero-order valence-corrected chi connectivity index (χ0v) is 9.65. The fourth-order valence-electron chi connectivity index (χ4n) is 2.81. The molecule has 3 nitrogen and oxygen atoms in total. The Labute approximate surface area is 91.5 Å². The third-order valence-corrected chi connectivity index (χ3v) is 3.98. The number of aliphatic hydroxyl groups excluding tert-OH is 1. The number of amides is 1. The normalized spacial score (nSPS) is 36.9. The second-order valence-corrected chi connectivity index (χ2v) is 5.32. The van der Waals surface area contributed by atoms with E-state index in [1.165, 1.54) is 0 Å². The molecule has 1 aliphatic carbocycles. The number of likely N-dealkylation sites (tertiary alicyclic amines) is 1. The van der Waals surface area contributed by atoms with E-state index in [-0.39, 0.29) is 18.1 Å². The Balaban J connectivity index is 2.01. The lowest BCUT2D eigenvalue weighted by molar-refractivity contribution is -0.131. The Kier molecular flexibility index (Phi) is 3.01. The van der Waals surface area contributed by atoms with Gasteiger partial charge in [0.2, 0.25) is 5.91 Å². The first-order chi connectivity index (χ1) is 7.09. The smallest absolute Gasteiger partial charge is 0.223 e. The number of nitrogens with zero attached hydrogens (tertiary/aromatic N) is 1. The Hall–Kier alpha value is -0.570. The summed E-state index contributed by atoms with van der Waals surface area (Å²) in [6, 6.07) is 0.112. The summed E-state index contributed by atoms with van der Waals surface area (Å²) in [5.41, 5.74) is 0. The zero-order chi connectivity index (χ0) is 11.0. The molecule has 15 heavy (non-hydrogen) atoms. The van der Waals surface area contributed by atoms with Crippen molar-refractivity contribution in [3.63, 3.8) is 0 Å². The largest absolute Gasteiger partial charge is 0.391 e. The highest BCUT2D eigenvalue weighted by molar-refractivity contribution is 5.79. The Morgan fingerprint density at radius 1 is 1.40 bits per heavy atom. The van der Waals surface area contributed by atoms with Crippen molar-refractivity contribution >= 4 is 5.91 Å². The molecular weight excluding hydrogens is 190 g/mol. The third kappa shape index (κ3) is 2.03. The molecule has 1 saturated carbocycles. The summed E-state index contributed by atoms with van der Waals surface area (Å²) in [4.78, 5) is 13.8. The van der Waals surface area contributed by atoms with Gasteiger partial charge >= 0.3 is 0 Å². The average Bonchev–Trinajstić information content (AvgIpc) is 2.71. The fourth-order valence-corrected chi connectivity index (χ4v) is 2.81. The van der Waals surface area contributed by atoms with Crippen LogP contribution in [0.1, 0.15) is 39.5 Å². The Morgan fingerprint density at radius 3 is 2.60 bits per heavy atom. The van der Waals surface area contributed by atoms with Crippen molar-refractivity contribution in [1.29, 1.82) is 0 Å². The van der Waals surface area contributed by atoms with Crippen LogP contribution in [0, 0.1) is 11.8 Å². The lowest BCUT2D eigenvalue weighted by Crippen LogP contribution is -2.41. The number of rotatable bonds is 2. The van der Waals surface area contributed by atoms with Gasteiger partial charge in [-0.15, -0.1) is 0 Å². The second kappa shape index (κ2) is 4.12. The van der Waals surface area contributed by atoms with Crippen LogP contribution in [0.4, 0.5) is 0 Å². The first kappa shape index (κ1) is 10.9. The minimum atomic E-state index is -0.278. The molecule has 1 amide bonds. The minimum absolute atomic E-state index is 0.112. The highest BCUT2D eigenvalue weighted by Gasteiger charge is 2.39. The summed E-state index contributed by atoms with van der Waals surface area (Å²) < 4.78 is 0. The maximum Gasteiger partial charge on any atom is 0.223 e. The lowest BCUT2D eigenvalue weighted by atomic mass is 9.95. The molecule has 0 aromatic rings. The van der Waals surface area contributed by atoms with Gasteiger partial charge in [-0.05, 0) is 31.1 Å². The Morgan fingerprint density at radius 2 is 2.13 bits per heavy atom. The molecule has 1 heterocycles. The van der Waals surface area contributed by atoms with Crippen LogP contribution in [0.3, 0.4) is 0 Å². The SMILES string of the molecule is CC(C)C1CC(=O)N([C@H]2CCC[C@@H]2O)C1. The van der Waals surface area contributed by atoms with E-state index in [0.29, 0.717) is 18.3 Å². The molecule has 0 radical (unpaired) electrons. The quantitative estimate of drug-likeness (QED) is 0.750. The molecule has 2 fully saturated rings. The molecule has 1 aliphatic heterocycles. The zero-order valence-electron chi connectivity index (χ0n) is 9.65. The van der Waals surface area contributed by atoms with E-state index in [4.69, 9.17) is 0 Å². The van der Waals surface area contributed by atoms with E-state index < -0.39 is 0 Å². The number of hydrogen-bond donors (Lipinski definition) is 1. The molecule has 1 saturated heterocycles. The van der Waals surface area contributed by atoms with Gasteiger partial charge in [0.1, 0.15) is 0 Å². The molecule has 0 aromatic heterocycles. The van der Waals surface area contributed by atoms with Crippen molar-refractivity contribution in [1.82, 2.24) is 4.90 Å². The van der Waals surface area contributed by atoms with Gasteiger partial charge in [-0.3, -0.25) is 4.79 Å². The van der Waals surface area contributed by atoms with Gasteiger partial charge in [0.05, 0.1) is 12.1 Å². The predicted molar refractivity (Wildman–Crippen MR) is 58.3 cm³/mol. The predicted octanol–water partition coefficient (Wildman–Crippen LogP) is 1.40. The van der Waals surface area contributed by atoms with Crippen LogP contribution in [0.15, 0.2) is 0 Å². The van der Waals surface area contributed by atoms with Gasteiger partial charge in [0, 0.05) is 13.0 Å². The van der Waals surface area contributed by atoms with Gasteiger partial charge in [0.15, 0.2) is 0 Å². The monoisotopic (exact) mass is 211 g/mol. The average molecular weight is 211 g/mol. The third-order valence-electron chi connectivity index (χ3n) is 3.98. The molecule has 1 unspecified atom stereocenters. The minimum Gasteiger partial charge on any atom is -0.391 e. The van der Waals surface area contributed by atoms with Crippen LogP contribution in [0.25, 0.3) is 0 Å². The first-order valence-electron chi connectivity index (χ1n) is 6.07. The Bertz CT molecular complexity index is 252. The van der Waals surface area contributed by atoms with Crippen LogP contribution < -0.4 is 0 Å². The molecule has 0 aromatic carbocycles. The van der Waals surface area contributed by atoms with Crippen LogP contribution >= 0.6 is 0 Å². The van der Waals surface area contributed by atoms with Gasteiger partial charge < -0.3 is 10.0 Å². The molecule has 2 aliphatic rings. The lowest BCUT2D eigenvalue weighted by Gasteiger charge is -2.27. The first-order valence-corrected chi connectivity index (χ1v) is 6.07. The molecule has 86 valence electrons. The van der Waals surface area contributed by atoms with Gasteiger partial charge in [-0.25, -0.2) is 0 Å². The fraction of sp³-hybridized carbons (Fsp3) is 0.917. The van der Waals surface area contributed by atoms with E-state index in [0.717, 1.165) is 25.8 Å². The van der Waals surface area contributed by atoms with Crippen LogP contribution in [-0.2, 0) is 4.79 Å². The van der Waals surface area contributed by atoms with Crippen LogP contribution in [-0.4, -0.2) is 34.6 Å². The summed E-state index contributed by atoms with van der Waals surface area (Å²) in [5.74, 6) is 1.31. The maximum absolute atomic E-state index is 11.8. The molecule has 0 bridgehead atoms. The molecule has 3 atom stereocenters. The van der Waals surface area contributed by atoms with Gasteiger partial charge in [0.25, 0.3) is 0 Å². The summed E-state index contributed by atoms with van der Waals surface area (Å²) in [5, 5.41) is 9.80. The van der Waals surface area contributed by atoms with E-state index in [1.54, 1.807) is 0 Å². The van der Waals surface area contributed by atoms with Crippen molar-refractivity contribution < 1.29 is 9.90 Å². The van der Waals surface area contributed by atoms with Crippen molar-refractivity contribution in [2.45, 2.75) is 51.7 Å². The summed E-state index contributed by atoms with van der Waals surface area (Å²) in [6.45, 7) is 5.21. The van der Waals surface area contributed by atoms with Crippen molar-refractivity contribution in [3.05, 3.63) is 0 Å². The van der Waals surface area contributed by atoms with Crippen molar-refractivity contribution in [2.75, 3.05) is 6.54 Å². The van der Waals surface area contributed by atoms with Crippen molar-refractivity contribution in [2.24, 2.45) is 11.8 Å². The summed E-state index contributed by atoms with van der Waals surface area (Å²) >= 11 is 0. The molecular formula is C12H21NO2. The van der Waals surface area contributed by atoms with E-state index >= 15 is 0 Å². The maximum atomic E-state index is 11.8. The highest BCUT2D eigenvalue weighted by atomic mass is 16.3. The van der Waals surface area contributed by atoms with Crippen LogP contribution in [0.5, 0.6) is 0 Å². The number of carbonyl (C=O) groups is 1. The summed E-state index contributed by atoms with van der Waals surface area (Å²) in [7, 11) is 0. The summed E-state index contributed by atoms with van der Waals surface area (Å²) in [6.07, 6.45) is 3.31.